The number of hydrogen-bond donors (Lipinski definition) is 1. The Bertz CT molecular complexity index is 682. The van der Waals surface area contributed by atoms with Crippen molar-refractivity contribution >= 4 is 11.7 Å². The molecule has 2 aromatic heterocycles. The van der Waals surface area contributed by atoms with Crippen molar-refractivity contribution in [2.24, 2.45) is 0 Å². The monoisotopic (exact) mass is 343 g/mol. The number of aryl methyl sites for hydroxylation is 1. The zero-order valence-corrected chi connectivity index (χ0v) is 14.8. The van der Waals surface area contributed by atoms with Gasteiger partial charge in [-0.05, 0) is 45.0 Å². The summed E-state index contributed by atoms with van der Waals surface area (Å²) in [5, 5.41) is 3.04. The number of nitrogens with one attached hydrogen (secondary N) is 1. The number of furan rings is 1. The first-order valence-corrected chi connectivity index (χ1v) is 8.68. The van der Waals surface area contributed by atoms with Crippen molar-refractivity contribution in [3.8, 4) is 0 Å². The minimum Gasteiger partial charge on any atom is -0.465 e. The second-order valence-corrected chi connectivity index (χ2v) is 6.43. The Morgan fingerprint density at radius 3 is 2.80 bits per heavy atom. The highest BCUT2D eigenvalue weighted by Crippen LogP contribution is 2.26. The number of carbonyl (C=O) groups is 1. The zero-order valence-electron chi connectivity index (χ0n) is 14.8. The summed E-state index contributed by atoms with van der Waals surface area (Å²) in [6.07, 6.45) is 7.26. The van der Waals surface area contributed by atoms with Crippen LogP contribution in [0.15, 0.2) is 35.1 Å². The number of anilines is 1. The smallest absolute Gasteiger partial charge is 0.239 e. The molecule has 1 N–H and O–H groups in total. The van der Waals surface area contributed by atoms with Crippen LogP contribution in [0.2, 0.25) is 0 Å². The van der Waals surface area contributed by atoms with Gasteiger partial charge in [-0.15, -0.1) is 0 Å². The zero-order chi connectivity index (χ0) is 17.6. The predicted molar refractivity (Wildman–Crippen MR) is 95.3 cm³/mol. The van der Waals surface area contributed by atoms with Gasteiger partial charge < -0.3 is 14.6 Å². The summed E-state index contributed by atoms with van der Waals surface area (Å²) in [5.74, 6) is 2.45. The lowest BCUT2D eigenvalue weighted by molar-refractivity contribution is -0.120. The first-order chi connectivity index (χ1) is 12.1. The van der Waals surface area contributed by atoms with Crippen LogP contribution in [0.25, 0.3) is 0 Å². The van der Waals surface area contributed by atoms with Gasteiger partial charge in [-0.3, -0.25) is 14.7 Å². The summed E-state index contributed by atoms with van der Waals surface area (Å²) in [4.78, 5) is 24.7. The van der Waals surface area contributed by atoms with Crippen LogP contribution in [0.5, 0.6) is 0 Å². The van der Waals surface area contributed by atoms with E-state index in [1.54, 1.807) is 23.5 Å². The molecule has 3 rings (SSSR count). The molecule has 0 spiro atoms. The van der Waals surface area contributed by atoms with Crippen LogP contribution < -0.4 is 10.2 Å². The topological polar surface area (TPSA) is 74.5 Å². The molecule has 7 heteroatoms. The molecule has 1 aliphatic heterocycles. The second-order valence-electron chi connectivity index (χ2n) is 6.43. The number of aromatic nitrogens is 2. The molecule has 0 radical (unpaired) electrons. The van der Waals surface area contributed by atoms with Gasteiger partial charge in [0.25, 0.3) is 0 Å². The molecule has 0 aliphatic carbocycles. The molecule has 0 unspecified atom stereocenters. The Morgan fingerprint density at radius 1 is 1.36 bits per heavy atom. The standard InChI is InChI=1S/C18H25N5O2/c1-14-5-6-16(25-14)15(23-9-3-4-10-23)11-21-18(24)13-22(2)17-12-19-7-8-20-17/h5-8,12,15H,3-4,9-11,13H2,1-2H3,(H,21,24)/t15-/m0/s1. The molecule has 1 atom stereocenters. The molecule has 1 amide bonds. The molecular weight excluding hydrogens is 318 g/mol. The van der Waals surface area contributed by atoms with Gasteiger partial charge in [-0.25, -0.2) is 4.98 Å². The van der Waals surface area contributed by atoms with Crippen molar-refractivity contribution in [2.45, 2.75) is 25.8 Å². The van der Waals surface area contributed by atoms with E-state index in [9.17, 15) is 4.79 Å². The summed E-state index contributed by atoms with van der Waals surface area (Å²) in [7, 11) is 1.83. The number of carbonyl (C=O) groups excluding carboxylic acids is 1. The normalized spacial score (nSPS) is 15.9. The molecule has 1 aliphatic rings. The minimum absolute atomic E-state index is 0.0411. The van der Waals surface area contributed by atoms with Crippen LogP contribution in [-0.2, 0) is 4.79 Å². The van der Waals surface area contributed by atoms with Crippen LogP contribution in [0, 0.1) is 6.92 Å². The lowest BCUT2D eigenvalue weighted by Crippen LogP contribution is -2.41. The third kappa shape index (κ3) is 4.57. The van der Waals surface area contributed by atoms with Gasteiger partial charge in [0, 0.05) is 26.0 Å². The molecule has 134 valence electrons. The van der Waals surface area contributed by atoms with Gasteiger partial charge >= 0.3 is 0 Å². The first-order valence-electron chi connectivity index (χ1n) is 8.68. The van der Waals surface area contributed by atoms with E-state index >= 15 is 0 Å². The van der Waals surface area contributed by atoms with Crippen LogP contribution in [0.4, 0.5) is 5.82 Å². The molecule has 2 aromatic rings. The number of likely N-dealkylation sites (N-methyl/N-ethyl adjacent to an activating group) is 1. The van der Waals surface area contributed by atoms with Gasteiger partial charge in [0.15, 0.2) is 0 Å². The van der Waals surface area contributed by atoms with Gasteiger partial charge in [0.2, 0.25) is 5.91 Å². The van der Waals surface area contributed by atoms with E-state index in [-0.39, 0.29) is 18.5 Å². The number of hydrogen-bond acceptors (Lipinski definition) is 6. The van der Waals surface area contributed by atoms with Crippen molar-refractivity contribution in [3.63, 3.8) is 0 Å². The average Bonchev–Trinajstić information content (AvgIpc) is 3.28. The van der Waals surface area contributed by atoms with E-state index in [1.807, 2.05) is 26.1 Å². The highest BCUT2D eigenvalue weighted by molar-refractivity contribution is 5.80. The Balaban J connectivity index is 1.58. The van der Waals surface area contributed by atoms with Gasteiger partial charge in [-0.2, -0.15) is 0 Å². The molecular formula is C18H25N5O2. The molecule has 0 aromatic carbocycles. The maximum Gasteiger partial charge on any atom is 0.239 e. The summed E-state index contributed by atoms with van der Waals surface area (Å²) >= 11 is 0. The summed E-state index contributed by atoms with van der Waals surface area (Å²) in [5.41, 5.74) is 0. The van der Waals surface area contributed by atoms with Gasteiger partial charge in [0.1, 0.15) is 17.3 Å². The van der Waals surface area contributed by atoms with Gasteiger partial charge in [-0.1, -0.05) is 0 Å². The SMILES string of the molecule is Cc1ccc([C@H](CNC(=O)CN(C)c2cnccn2)N2CCCC2)o1. The third-order valence-corrected chi connectivity index (χ3v) is 4.48. The Kier molecular flexibility index (Phi) is 5.65. The van der Waals surface area contributed by atoms with E-state index in [1.165, 1.54) is 12.8 Å². The lowest BCUT2D eigenvalue weighted by atomic mass is 10.2. The fourth-order valence-electron chi connectivity index (χ4n) is 3.15. The maximum atomic E-state index is 12.3. The number of amides is 1. The Hall–Kier alpha value is -2.41. The van der Waals surface area contributed by atoms with Crippen LogP contribution in [0.1, 0.15) is 30.4 Å². The number of likely N-dealkylation sites (tertiary alicyclic amines) is 1. The number of rotatable bonds is 7. The quantitative estimate of drug-likeness (QED) is 0.826. The van der Waals surface area contributed by atoms with Crippen molar-refractivity contribution in [1.29, 1.82) is 0 Å². The van der Waals surface area contributed by atoms with E-state index in [2.05, 4.69) is 20.2 Å². The van der Waals surface area contributed by atoms with E-state index in [4.69, 9.17) is 4.42 Å². The van der Waals surface area contributed by atoms with Crippen molar-refractivity contribution in [3.05, 3.63) is 42.2 Å². The van der Waals surface area contributed by atoms with Crippen LogP contribution in [-0.4, -0.2) is 54.0 Å². The predicted octanol–water partition coefficient (Wildman–Crippen LogP) is 1.77. The molecule has 3 heterocycles. The van der Waals surface area contributed by atoms with Crippen LogP contribution >= 0.6 is 0 Å². The molecule has 7 nitrogen and oxygen atoms in total. The fraction of sp³-hybridized carbons (Fsp3) is 0.500. The van der Waals surface area contributed by atoms with Crippen molar-refractivity contribution in [1.82, 2.24) is 20.2 Å². The maximum absolute atomic E-state index is 12.3. The van der Waals surface area contributed by atoms with Crippen LogP contribution in [0.3, 0.4) is 0 Å². The Morgan fingerprint density at radius 2 is 2.16 bits per heavy atom. The molecule has 0 saturated carbocycles. The molecule has 1 saturated heterocycles. The molecule has 25 heavy (non-hydrogen) atoms. The molecule has 0 bridgehead atoms. The van der Waals surface area contributed by atoms with E-state index < -0.39 is 0 Å². The van der Waals surface area contributed by atoms with Crippen molar-refractivity contribution in [2.75, 3.05) is 38.1 Å². The molecule has 1 fully saturated rings. The summed E-state index contributed by atoms with van der Waals surface area (Å²) < 4.78 is 5.82. The number of nitrogens with zero attached hydrogens (tertiary/aromatic N) is 4. The van der Waals surface area contributed by atoms with Crippen molar-refractivity contribution < 1.29 is 9.21 Å². The average molecular weight is 343 g/mol. The fourth-order valence-corrected chi connectivity index (χ4v) is 3.15. The second kappa shape index (κ2) is 8.11. The largest absolute Gasteiger partial charge is 0.465 e. The highest BCUT2D eigenvalue weighted by Gasteiger charge is 2.26. The lowest BCUT2D eigenvalue weighted by Gasteiger charge is -2.26. The van der Waals surface area contributed by atoms with E-state index in [0.29, 0.717) is 12.4 Å². The van der Waals surface area contributed by atoms with Gasteiger partial charge in [0.05, 0.1) is 18.8 Å². The summed E-state index contributed by atoms with van der Waals surface area (Å²) in [6, 6.07) is 4.07. The minimum atomic E-state index is -0.0411. The first kappa shape index (κ1) is 17.4. The Labute approximate surface area is 148 Å². The highest BCUT2D eigenvalue weighted by atomic mass is 16.3. The summed E-state index contributed by atoms with van der Waals surface area (Å²) in [6.45, 7) is 4.81. The third-order valence-electron chi connectivity index (χ3n) is 4.48. The van der Waals surface area contributed by atoms with E-state index in [0.717, 1.165) is 24.6 Å².